The lowest BCUT2D eigenvalue weighted by Crippen LogP contribution is -2.47. The van der Waals surface area contributed by atoms with Crippen molar-refractivity contribution in [1.29, 1.82) is 0 Å². The van der Waals surface area contributed by atoms with Crippen molar-refractivity contribution in [2.75, 3.05) is 20.4 Å². The van der Waals surface area contributed by atoms with Gasteiger partial charge in [0.25, 0.3) is 5.91 Å². The molecule has 0 aromatic heterocycles. The normalized spacial score (nSPS) is 11.3. The lowest BCUT2D eigenvalue weighted by molar-refractivity contribution is 0.0730. The van der Waals surface area contributed by atoms with Crippen LogP contribution in [0.5, 0.6) is 11.5 Å². The summed E-state index contributed by atoms with van der Waals surface area (Å²) in [5, 5.41) is 0. The lowest BCUT2D eigenvalue weighted by atomic mass is 10.0. The molecule has 1 aromatic rings. The number of carbonyl (C=O) groups excluding carboxylic acids is 2. The van der Waals surface area contributed by atoms with Gasteiger partial charge in [-0.25, -0.2) is 0 Å². The maximum absolute atomic E-state index is 13.1. The quantitative estimate of drug-likeness (QED) is 0.566. The van der Waals surface area contributed by atoms with Gasteiger partial charge in [0.1, 0.15) is 11.5 Å². The Labute approximate surface area is 139 Å². The fourth-order valence-corrected chi connectivity index (χ4v) is 3.89. The Morgan fingerprint density at radius 1 is 1.22 bits per heavy atom. The van der Waals surface area contributed by atoms with Crippen LogP contribution in [0, 0.1) is 0 Å². The second kappa shape index (κ2) is 7.63. The zero-order valence-corrected chi connectivity index (χ0v) is 16.1. The molecule has 128 valence electrons. The van der Waals surface area contributed by atoms with Crippen LogP contribution in [0.25, 0.3) is 0 Å². The number of hydrogen-bond donors (Lipinski definition) is 0. The maximum Gasteiger partial charge on any atom is 0.258 e. The van der Waals surface area contributed by atoms with Gasteiger partial charge >= 0.3 is 0 Å². The predicted molar refractivity (Wildman–Crippen MR) is 94.5 cm³/mol. The lowest BCUT2D eigenvalue weighted by Gasteiger charge is -2.33. The number of ether oxygens (including phenoxy) is 2. The third-order valence-electron chi connectivity index (χ3n) is 3.43. The van der Waals surface area contributed by atoms with Crippen molar-refractivity contribution in [3.8, 4) is 11.5 Å². The van der Waals surface area contributed by atoms with E-state index >= 15 is 0 Å². The van der Waals surface area contributed by atoms with E-state index in [1.165, 1.54) is 14.2 Å². The summed E-state index contributed by atoms with van der Waals surface area (Å²) >= 11 is 0. The Kier molecular flexibility index (Phi) is 6.38. The minimum Gasteiger partial charge on any atom is -0.497 e. The van der Waals surface area contributed by atoms with Gasteiger partial charge in [-0.15, -0.1) is 0 Å². The molecule has 0 aliphatic rings. The Morgan fingerprint density at radius 2 is 1.83 bits per heavy atom. The molecule has 23 heavy (non-hydrogen) atoms. The zero-order chi connectivity index (χ0) is 17.8. The first-order valence-electron chi connectivity index (χ1n) is 7.66. The van der Waals surface area contributed by atoms with Crippen molar-refractivity contribution in [2.24, 2.45) is 0 Å². The molecule has 6 heteroatoms. The average molecular weight is 337 g/mol. The first kappa shape index (κ1) is 19.2. The summed E-state index contributed by atoms with van der Waals surface area (Å²) in [5.41, 5.74) is 0.586. The highest BCUT2D eigenvalue weighted by Gasteiger charge is 2.29. The molecule has 0 saturated carbocycles. The van der Waals surface area contributed by atoms with E-state index < -0.39 is 8.07 Å². The Bertz CT molecular complexity index is 579. The first-order chi connectivity index (χ1) is 10.6. The summed E-state index contributed by atoms with van der Waals surface area (Å²) in [6.45, 7) is 10.6. The SMILES string of the molecule is COc1cc(C=O)c(C(=O)N(C[Si](C)(C)C)C(C)C)c(OC)c1. The first-order valence-corrected chi connectivity index (χ1v) is 11.4. The van der Waals surface area contributed by atoms with Gasteiger partial charge in [-0.05, 0) is 19.9 Å². The monoisotopic (exact) mass is 337 g/mol. The summed E-state index contributed by atoms with van der Waals surface area (Å²) in [4.78, 5) is 26.4. The molecule has 0 spiro atoms. The highest BCUT2D eigenvalue weighted by molar-refractivity contribution is 6.76. The van der Waals surface area contributed by atoms with Gasteiger partial charge in [-0.1, -0.05) is 19.6 Å². The standard InChI is InChI=1S/C17H27NO4Si/c1-12(2)18(11-23(5,6)7)17(20)16-13(10-19)8-14(21-3)9-15(16)22-4/h8-10,12H,11H2,1-7H3. The Balaban J connectivity index is 3.41. The van der Waals surface area contributed by atoms with E-state index in [0.717, 1.165) is 6.17 Å². The van der Waals surface area contributed by atoms with Crippen LogP contribution in [-0.2, 0) is 0 Å². The summed E-state index contributed by atoms with van der Waals surface area (Å²) in [6, 6.07) is 3.24. The van der Waals surface area contributed by atoms with E-state index in [2.05, 4.69) is 19.6 Å². The summed E-state index contributed by atoms with van der Waals surface area (Å²) in [6.07, 6.45) is 1.39. The van der Waals surface area contributed by atoms with Gasteiger partial charge < -0.3 is 14.4 Å². The summed E-state index contributed by atoms with van der Waals surface area (Å²) in [7, 11) is 1.49. The number of aldehydes is 1. The van der Waals surface area contributed by atoms with Crippen LogP contribution in [0.2, 0.25) is 19.6 Å². The zero-order valence-electron chi connectivity index (χ0n) is 15.1. The van der Waals surface area contributed by atoms with Crippen LogP contribution in [0.3, 0.4) is 0 Å². The molecule has 0 atom stereocenters. The number of amides is 1. The van der Waals surface area contributed by atoms with Crippen molar-refractivity contribution in [3.63, 3.8) is 0 Å². The van der Waals surface area contributed by atoms with Crippen molar-refractivity contribution >= 4 is 20.3 Å². The van der Waals surface area contributed by atoms with Gasteiger partial charge in [0.2, 0.25) is 0 Å². The number of benzene rings is 1. The molecule has 0 heterocycles. The largest absolute Gasteiger partial charge is 0.497 e. The van der Waals surface area contributed by atoms with E-state index in [-0.39, 0.29) is 17.5 Å². The third kappa shape index (κ3) is 4.82. The van der Waals surface area contributed by atoms with Crippen molar-refractivity contribution in [3.05, 3.63) is 23.3 Å². The minimum atomic E-state index is -1.50. The fourth-order valence-electron chi connectivity index (χ4n) is 2.35. The maximum atomic E-state index is 13.1. The smallest absolute Gasteiger partial charge is 0.258 e. The van der Waals surface area contributed by atoms with Crippen molar-refractivity contribution in [2.45, 2.75) is 39.5 Å². The third-order valence-corrected chi connectivity index (χ3v) is 4.72. The van der Waals surface area contributed by atoms with E-state index in [9.17, 15) is 9.59 Å². The van der Waals surface area contributed by atoms with E-state index in [4.69, 9.17) is 9.47 Å². The van der Waals surface area contributed by atoms with Crippen LogP contribution < -0.4 is 9.47 Å². The van der Waals surface area contributed by atoms with Crippen molar-refractivity contribution in [1.82, 2.24) is 4.90 Å². The number of methoxy groups -OCH3 is 2. The molecule has 1 aromatic carbocycles. The average Bonchev–Trinajstić information content (AvgIpc) is 2.49. The van der Waals surface area contributed by atoms with Crippen LogP contribution in [0.1, 0.15) is 34.6 Å². The Morgan fingerprint density at radius 3 is 2.22 bits per heavy atom. The molecular weight excluding hydrogens is 310 g/mol. The fraction of sp³-hybridized carbons (Fsp3) is 0.529. The molecule has 0 bridgehead atoms. The van der Waals surface area contributed by atoms with Crippen LogP contribution >= 0.6 is 0 Å². The molecule has 0 saturated heterocycles. The van der Waals surface area contributed by atoms with Gasteiger partial charge in [0.15, 0.2) is 6.29 Å². The second-order valence-electron chi connectivity index (χ2n) is 7.00. The predicted octanol–water partition coefficient (Wildman–Crippen LogP) is 3.24. The molecule has 0 unspecified atom stereocenters. The highest BCUT2D eigenvalue weighted by Crippen LogP contribution is 2.30. The van der Waals surface area contributed by atoms with Crippen LogP contribution in [0.4, 0.5) is 0 Å². The van der Waals surface area contributed by atoms with E-state index in [0.29, 0.717) is 23.3 Å². The second-order valence-corrected chi connectivity index (χ2v) is 12.4. The van der Waals surface area contributed by atoms with E-state index in [1.54, 1.807) is 12.1 Å². The van der Waals surface area contributed by atoms with Gasteiger partial charge in [-0.2, -0.15) is 0 Å². The highest BCUT2D eigenvalue weighted by atomic mass is 28.3. The van der Waals surface area contributed by atoms with Gasteiger partial charge in [-0.3, -0.25) is 9.59 Å². The number of hydrogen-bond acceptors (Lipinski definition) is 4. The molecule has 1 rings (SSSR count). The molecule has 0 N–H and O–H groups in total. The van der Waals surface area contributed by atoms with Crippen LogP contribution in [-0.4, -0.2) is 51.6 Å². The van der Waals surface area contributed by atoms with Gasteiger partial charge in [0, 0.05) is 23.8 Å². The molecule has 1 amide bonds. The molecule has 0 aliphatic carbocycles. The van der Waals surface area contributed by atoms with Crippen LogP contribution in [0.15, 0.2) is 12.1 Å². The number of rotatable bonds is 7. The van der Waals surface area contributed by atoms with E-state index in [1.807, 2.05) is 18.7 Å². The minimum absolute atomic E-state index is 0.0422. The summed E-state index contributed by atoms with van der Waals surface area (Å²) < 4.78 is 10.5. The molecule has 5 nitrogen and oxygen atoms in total. The Hall–Kier alpha value is -1.82. The van der Waals surface area contributed by atoms with Crippen molar-refractivity contribution < 1.29 is 19.1 Å². The molecular formula is C17H27NO4Si. The summed E-state index contributed by atoms with van der Waals surface area (Å²) in [5.74, 6) is 0.670. The topological polar surface area (TPSA) is 55.8 Å². The number of carbonyl (C=O) groups is 2. The molecule has 0 aliphatic heterocycles. The van der Waals surface area contributed by atoms with Gasteiger partial charge in [0.05, 0.1) is 27.9 Å². The number of nitrogens with zero attached hydrogens (tertiary/aromatic N) is 1. The molecule has 0 fully saturated rings. The molecule has 0 radical (unpaired) electrons.